The molecule has 1 fully saturated rings. The van der Waals surface area contributed by atoms with Gasteiger partial charge in [0.15, 0.2) is 0 Å². The summed E-state index contributed by atoms with van der Waals surface area (Å²) in [5.74, 6) is 0.300. The summed E-state index contributed by atoms with van der Waals surface area (Å²) in [5, 5.41) is 17.8. The van der Waals surface area contributed by atoms with E-state index in [4.69, 9.17) is 19.8 Å². The Morgan fingerprint density at radius 2 is 1.84 bits per heavy atom. The Kier molecular flexibility index (Phi) is 5.16. The van der Waals surface area contributed by atoms with E-state index in [2.05, 4.69) is 21.4 Å². The molecule has 0 saturated carbocycles. The summed E-state index contributed by atoms with van der Waals surface area (Å²) in [7, 11) is 1.92. The zero-order valence-corrected chi connectivity index (χ0v) is 17.5. The minimum absolute atomic E-state index is 0.234. The SMILES string of the molecule is Cn1ncc2cc(-c3cc(Nc4ccc(C(=O)O)cc4)nc(N4CCOCC4)n3)ccc21. The number of rotatable bonds is 5. The van der Waals surface area contributed by atoms with Gasteiger partial charge in [0.2, 0.25) is 5.95 Å². The van der Waals surface area contributed by atoms with E-state index in [0.717, 1.165) is 40.9 Å². The maximum absolute atomic E-state index is 11.1. The molecule has 2 aromatic carbocycles. The highest BCUT2D eigenvalue weighted by atomic mass is 16.5. The van der Waals surface area contributed by atoms with Crippen molar-refractivity contribution in [2.24, 2.45) is 7.05 Å². The van der Waals surface area contributed by atoms with Crippen LogP contribution >= 0.6 is 0 Å². The standard InChI is InChI=1S/C23H22N6O3/c1-28-20-7-4-16(12-17(20)14-24-28)19-13-21(25-18-5-2-15(3-6-18)22(30)31)27-23(26-19)29-8-10-32-11-9-29/h2-7,12-14H,8-11H2,1H3,(H,30,31)(H,25,26,27). The zero-order chi connectivity index (χ0) is 22.1. The number of nitrogens with zero attached hydrogens (tertiary/aromatic N) is 5. The number of anilines is 3. The fourth-order valence-electron chi connectivity index (χ4n) is 3.72. The quantitative estimate of drug-likeness (QED) is 0.497. The molecule has 2 N–H and O–H groups in total. The Bertz CT molecular complexity index is 1280. The summed E-state index contributed by atoms with van der Waals surface area (Å²) >= 11 is 0. The molecule has 0 amide bonds. The van der Waals surface area contributed by atoms with Crippen molar-refractivity contribution >= 4 is 34.3 Å². The lowest BCUT2D eigenvalue weighted by Gasteiger charge is -2.27. The highest BCUT2D eigenvalue weighted by molar-refractivity contribution is 5.88. The molecule has 0 unspecified atom stereocenters. The van der Waals surface area contributed by atoms with Crippen LogP contribution in [0.3, 0.4) is 0 Å². The number of carbonyl (C=O) groups is 1. The molecular weight excluding hydrogens is 408 g/mol. The number of hydrogen-bond donors (Lipinski definition) is 2. The van der Waals surface area contributed by atoms with Gasteiger partial charge in [-0.2, -0.15) is 10.1 Å². The molecule has 1 aliphatic rings. The van der Waals surface area contributed by atoms with Crippen LogP contribution in [0.25, 0.3) is 22.2 Å². The van der Waals surface area contributed by atoms with E-state index in [1.807, 2.05) is 36.1 Å². The highest BCUT2D eigenvalue weighted by Crippen LogP contribution is 2.28. The van der Waals surface area contributed by atoms with Gasteiger partial charge in [0.25, 0.3) is 0 Å². The van der Waals surface area contributed by atoms with Crippen molar-refractivity contribution in [3.05, 3.63) is 60.3 Å². The summed E-state index contributed by atoms with van der Waals surface area (Å²) in [5.41, 5.74) is 3.78. The van der Waals surface area contributed by atoms with Gasteiger partial charge in [-0.15, -0.1) is 0 Å². The Balaban J connectivity index is 1.53. The predicted molar refractivity (Wildman–Crippen MR) is 121 cm³/mol. The van der Waals surface area contributed by atoms with Crippen LogP contribution in [0, 0.1) is 0 Å². The Morgan fingerprint density at radius 1 is 1.06 bits per heavy atom. The number of aromatic carboxylic acids is 1. The van der Waals surface area contributed by atoms with E-state index in [9.17, 15) is 4.79 Å². The number of aromatic nitrogens is 4. The first-order valence-corrected chi connectivity index (χ1v) is 10.3. The van der Waals surface area contributed by atoms with Crippen molar-refractivity contribution in [3.8, 4) is 11.3 Å². The minimum atomic E-state index is -0.957. The van der Waals surface area contributed by atoms with E-state index < -0.39 is 5.97 Å². The Hall–Kier alpha value is -3.98. The molecule has 2 aromatic heterocycles. The van der Waals surface area contributed by atoms with Gasteiger partial charge in [0, 0.05) is 42.8 Å². The molecule has 1 saturated heterocycles. The van der Waals surface area contributed by atoms with Gasteiger partial charge in [-0.05, 0) is 36.4 Å². The van der Waals surface area contributed by atoms with Crippen LogP contribution in [0.1, 0.15) is 10.4 Å². The van der Waals surface area contributed by atoms with E-state index in [1.165, 1.54) is 0 Å². The summed E-state index contributed by atoms with van der Waals surface area (Å²) in [4.78, 5) is 22.8. The fraction of sp³-hybridized carbons (Fsp3) is 0.217. The summed E-state index contributed by atoms with van der Waals surface area (Å²) in [6.07, 6.45) is 1.84. The van der Waals surface area contributed by atoms with Gasteiger partial charge in [0.05, 0.1) is 36.2 Å². The number of fused-ring (bicyclic) bond motifs is 1. The number of hydrogen-bond acceptors (Lipinski definition) is 7. The lowest BCUT2D eigenvalue weighted by atomic mass is 10.1. The zero-order valence-electron chi connectivity index (χ0n) is 17.5. The van der Waals surface area contributed by atoms with E-state index >= 15 is 0 Å². The minimum Gasteiger partial charge on any atom is -0.478 e. The normalized spacial score (nSPS) is 14.0. The van der Waals surface area contributed by atoms with Crippen LogP contribution < -0.4 is 10.2 Å². The molecule has 32 heavy (non-hydrogen) atoms. The molecule has 0 aliphatic carbocycles. The number of nitrogens with one attached hydrogen (secondary N) is 1. The maximum Gasteiger partial charge on any atom is 0.335 e. The molecule has 4 aromatic rings. The van der Waals surface area contributed by atoms with E-state index in [-0.39, 0.29) is 5.56 Å². The first-order chi connectivity index (χ1) is 15.6. The molecule has 0 radical (unpaired) electrons. The summed E-state index contributed by atoms with van der Waals surface area (Å²) < 4.78 is 7.31. The Morgan fingerprint density at radius 3 is 2.59 bits per heavy atom. The van der Waals surface area contributed by atoms with Crippen molar-refractivity contribution in [2.75, 3.05) is 36.5 Å². The third kappa shape index (κ3) is 3.97. The monoisotopic (exact) mass is 430 g/mol. The third-order valence-corrected chi connectivity index (χ3v) is 5.45. The first-order valence-electron chi connectivity index (χ1n) is 10.3. The van der Waals surface area contributed by atoms with Crippen molar-refractivity contribution in [3.63, 3.8) is 0 Å². The number of carboxylic acid groups (broad SMARTS) is 1. The summed E-state index contributed by atoms with van der Waals surface area (Å²) in [6, 6.07) is 14.6. The first kappa shape index (κ1) is 20.0. The average molecular weight is 430 g/mol. The molecule has 0 spiro atoms. The number of benzene rings is 2. The van der Waals surface area contributed by atoms with Gasteiger partial charge >= 0.3 is 5.97 Å². The number of aryl methyl sites for hydroxylation is 1. The second kappa shape index (κ2) is 8.27. The average Bonchev–Trinajstić information content (AvgIpc) is 3.20. The molecular formula is C23H22N6O3. The fourth-order valence-corrected chi connectivity index (χ4v) is 3.72. The van der Waals surface area contributed by atoms with Crippen LogP contribution in [0.4, 0.5) is 17.5 Å². The van der Waals surface area contributed by atoms with Gasteiger partial charge in [-0.3, -0.25) is 4.68 Å². The van der Waals surface area contributed by atoms with Gasteiger partial charge in [0.1, 0.15) is 5.82 Å². The Labute approximate surface area is 184 Å². The number of morpholine rings is 1. The molecule has 0 atom stereocenters. The van der Waals surface area contributed by atoms with Gasteiger partial charge in [-0.1, -0.05) is 6.07 Å². The van der Waals surface area contributed by atoms with Crippen LogP contribution in [-0.2, 0) is 11.8 Å². The lowest BCUT2D eigenvalue weighted by Crippen LogP contribution is -2.37. The summed E-state index contributed by atoms with van der Waals surface area (Å²) in [6.45, 7) is 2.71. The topological polar surface area (TPSA) is 105 Å². The van der Waals surface area contributed by atoms with Gasteiger partial charge < -0.3 is 20.1 Å². The predicted octanol–water partition coefficient (Wildman–Crippen LogP) is 3.31. The highest BCUT2D eigenvalue weighted by Gasteiger charge is 2.17. The molecule has 9 nitrogen and oxygen atoms in total. The molecule has 0 bridgehead atoms. The largest absolute Gasteiger partial charge is 0.478 e. The number of ether oxygens (including phenoxy) is 1. The van der Waals surface area contributed by atoms with Crippen molar-refractivity contribution in [1.82, 2.24) is 19.7 Å². The van der Waals surface area contributed by atoms with Crippen LogP contribution in [0.5, 0.6) is 0 Å². The van der Waals surface area contributed by atoms with E-state index in [1.54, 1.807) is 24.3 Å². The third-order valence-electron chi connectivity index (χ3n) is 5.45. The lowest BCUT2D eigenvalue weighted by molar-refractivity contribution is 0.0697. The van der Waals surface area contributed by atoms with E-state index in [0.29, 0.717) is 25.0 Å². The second-order valence-corrected chi connectivity index (χ2v) is 7.59. The van der Waals surface area contributed by atoms with Crippen molar-refractivity contribution in [1.29, 1.82) is 0 Å². The van der Waals surface area contributed by atoms with Crippen molar-refractivity contribution < 1.29 is 14.6 Å². The molecule has 162 valence electrons. The maximum atomic E-state index is 11.1. The molecule has 1 aliphatic heterocycles. The molecule has 5 rings (SSSR count). The van der Waals surface area contributed by atoms with Gasteiger partial charge in [-0.25, -0.2) is 9.78 Å². The smallest absolute Gasteiger partial charge is 0.335 e. The van der Waals surface area contributed by atoms with Crippen molar-refractivity contribution in [2.45, 2.75) is 0 Å². The second-order valence-electron chi connectivity index (χ2n) is 7.59. The van der Waals surface area contributed by atoms with Crippen LogP contribution in [-0.4, -0.2) is 57.1 Å². The van der Waals surface area contributed by atoms with Crippen LogP contribution in [0.15, 0.2) is 54.7 Å². The molecule has 9 heteroatoms. The molecule has 3 heterocycles. The number of carboxylic acids is 1. The van der Waals surface area contributed by atoms with Crippen LogP contribution in [0.2, 0.25) is 0 Å².